The first kappa shape index (κ1) is 24.6. The van der Waals surface area contributed by atoms with Crippen LogP contribution < -0.4 is 0 Å². The quantitative estimate of drug-likeness (QED) is 0.399. The third-order valence-corrected chi connectivity index (χ3v) is 6.00. The molecule has 1 aliphatic heterocycles. The van der Waals surface area contributed by atoms with E-state index < -0.39 is 14.2 Å². The van der Waals surface area contributed by atoms with E-state index in [1.807, 2.05) is 0 Å². The Bertz CT molecular complexity index is 432. The van der Waals surface area contributed by atoms with Crippen molar-refractivity contribution in [3.63, 3.8) is 0 Å². The number of hydrogen-bond acceptors (Lipinski definition) is 6. The molecule has 0 aromatic rings. The summed E-state index contributed by atoms with van der Waals surface area (Å²) in [7, 11) is -1.33. The van der Waals surface area contributed by atoms with Crippen LogP contribution in [-0.4, -0.2) is 93.8 Å². The van der Waals surface area contributed by atoms with Gasteiger partial charge in [0.05, 0.1) is 40.0 Å². The van der Waals surface area contributed by atoms with Crippen LogP contribution in [0.25, 0.3) is 0 Å². The summed E-state index contributed by atoms with van der Waals surface area (Å²) in [6.07, 6.45) is 1.70. The molecule has 6 nitrogen and oxygen atoms in total. The van der Waals surface area contributed by atoms with E-state index in [1.165, 1.54) is 0 Å². The van der Waals surface area contributed by atoms with Crippen molar-refractivity contribution in [2.24, 2.45) is 5.41 Å². The lowest BCUT2D eigenvalue weighted by Crippen LogP contribution is -2.49. The number of hydrogen-bond donors (Lipinski definition) is 1. The maximum absolute atomic E-state index is 11.9. The van der Waals surface area contributed by atoms with Crippen LogP contribution in [0.15, 0.2) is 0 Å². The molecule has 0 bridgehead atoms. The fourth-order valence-corrected chi connectivity index (χ4v) is 3.33. The fraction of sp³-hybridized carbons (Fsp3) is 0.950. The smallest absolute Gasteiger partial charge is 0.306 e. The van der Waals surface area contributed by atoms with Gasteiger partial charge in [0.1, 0.15) is 0 Å². The van der Waals surface area contributed by atoms with Gasteiger partial charge in [-0.15, -0.1) is 0 Å². The highest BCUT2D eigenvalue weighted by molar-refractivity contribution is 6.76. The number of rotatable bonds is 12. The summed E-state index contributed by atoms with van der Waals surface area (Å²) in [5.41, 5.74) is 0.168. The van der Waals surface area contributed by atoms with Crippen molar-refractivity contribution < 1.29 is 19.4 Å². The first-order valence-electron chi connectivity index (χ1n) is 10.4. The van der Waals surface area contributed by atoms with Crippen LogP contribution in [0.4, 0.5) is 0 Å². The summed E-state index contributed by atoms with van der Waals surface area (Å²) in [6.45, 7) is 19.3. The molecular weight excluding hydrogens is 360 g/mol. The van der Waals surface area contributed by atoms with Gasteiger partial charge in [-0.1, -0.05) is 40.4 Å². The van der Waals surface area contributed by atoms with Crippen LogP contribution >= 0.6 is 0 Å². The molecule has 1 unspecified atom stereocenters. The summed E-state index contributed by atoms with van der Waals surface area (Å²) in [5.74, 6) is -0.0811. The largest absolute Gasteiger partial charge is 0.469 e. The minimum atomic E-state index is -1.33. The Balaban J connectivity index is 2.14. The standard InChI is InChI=1S/C20H42N2O4Si/c1-7-20(2,3)16-25-15-18(23)14-22-12-10-21(11-13-22)9-8-19(24)26-17-27(4,5)6/h18,23H,7-17H2,1-6H3. The van der Waals surface area contributed by atoms with Crippen molar-refractivity contribution in [2.75, 3.05) is 58.7 Å². The van der Waals surface area contributed by atoms with E-state index in [1.54, 1.807) is 0 Å². The monoisotopic (exact) mass is 402 g/mol. The number of aliphatic hydroxyl groups excluding tert-OH is 1. The Morgan fingerprint density at radius 3 is 2.30 bits per heavy atom. The second-order valence-corrected chi connectivity index (χ2v) is 15.2. The molecule has 1 saturated heterocycles. The highest BCUT2D eigenvalue weighted by Crippen LogP contribution is 2.19. The Hall–Kier alpha value is -0.473. The molecule has 1 heterocycles. The van der Waals surface area contributed by atoms with Gasteiger partial charge >= 0.3 is 5.97 Å². The lowest BCUT2D eigenvalue weighted by Gasteiger charge is -2.35. The molecule has 1 atom stereocenters. The average molecular weight is 403 g/mol. The molecule has 0 amide bonds. The van der Waals surface area contributed by atoms with Gasteiger partial charge in [-0.25, -0.2) is 0 Å². The first-order chi connectivity index (χ1) is 12.5. The molecule has 1 rings (SSSR count). The molecule has 0 aliphatic carbocycles. The normalized spacial score (nSPS) is 18.5. The molecule has 0 aromatic carbocycles. The third-order valence-electron chi connectivity index (χ3n) is 4.99. The van der Waals surface area contributed by atoms with E-state index in [9.17, 15) is 9.90 Å². The van der Waals surface area contributed by atoms with Gasteiger partial charge in [-0.05, 0) is 11.8 Å². The summed E-state index contributed by atoms with van der Waals surface area (Å²) in [6, 6.07) is 0. The number of aliphatic hydroxyl groups is 1. The van der Waals surface area contributed by atoms with Crippen LogP contribution in [0.1, 0.15) is 33.6 Å². The van der Waals surface area contributed by atoms with Gasteiger partial charge in [-0.2, -0.15) is 0 Å². The van der Waals surface area contributed by atoms with Crippen LogP contribution in [-0.2, 0) is 14.3 Å². The Morgan fingerprint density at radius 1 is 1.15 bits per heavy atom. The zero-order valence-electron chi connectivity index (χ0n) is 18.4. The van der Waals surface area contributed by atoms with Crippen molar-refractivity contribution in [1.82, 2.24) is 9.80 Å². The molecule has 1 N–H and O–H groups in total. The number of esters is 1. The maximum Gasteiger partial charge on any atom is 0.306 e. The number of nitrogens with zero attached hydrogens (tertiary/aromatic N) is 2. The van der Waals surface area contributed by atoms with Gasteiger partial charge in [0.25, 0.3) is 0 Å². The molecule has 27 heavy (non-hydrogen) atoms. The number of ether oxygens (including phenoxy) is 2. The highest BCUT2D eigenvalue weighted by atomic mass is 28.3. The molecule has 1 fully saturated rings. The lowest BCUT2D eigenvalue weighted by molar-refractivity contribution is -0.142. The minimum absolute atomic E-state index is 0.0811. The summed E-state index contributed by atoms with van der Waals surface area (Å²) >= 11 is 0. The van der Waals surface area contributed by atoms with Gasteiger partial charge in [0.2, 0.25) is 0 Å². The molecule has 160 valence electrons. The van der Waals surface area contributed by atoms with Gasteiger partial charge in [0.15, 0.2) is 0 Å². The zero-order chi connectivity index (χ0) is 20.5. The van der Waals surface area contributed by atoms with E-state index in [0.29, 0.717) is 32.4 Å². The molecule has 1 aliphatic rings. The Morgan fingerprint density at radius 2 is 1.74 bits per heavy atom. The number of β-amino-alcohol motifs (C(OH)–C–C–N with tert-alkyl or cyclic N) is 1. The van der Waals surface area contributed by atoms with Crippen molar-refractivity contribution in [3.8, 4) is 0 Å². The number of carbonyl (C=O) groups excluding carboxylic acids is 1. The number of piperazine rings is 1. The van der Waals surface area contributed by atoms with Crippen LogP contribution in [0.3, 0.4) is 0 Å². The van der Waals surface area contributed by atoms with Crippen molar-refractivity contribution in [2.45, 2.75) is 59.4 Å². The predicted octanol–water partition coefficient (Wildman–Crippen LogP) is 2.23. The molecule has 7 heteroatoms. The van der Waals surface area contributed by atoms with Crippen molar-refractivity contribution >= 4 is 14.0 Å². The zero-order valence-corrected chi connectivity index (χ0v) is 19.4. The third kappa shape index (κ3) is 11.9. The Labute approximate surface area is 167 Å². The first-order valence-corrected chi connectivity index (χ1v) is 14.1. The topological polar surface area (TPSA) is 62.2 Å². The molecular formula is C20H42N2O4Si. The van der Waals surface area contributed by atoms with Crippen molar-refractivity contribution in [3.05, 3.63) is 0 Å². The average Bonchev–Trinajstić information content (AvgIpc) is 2.58. The van der Waals surface area contributed by atoms with Gasteiger partial charge < -0.3 is 19.5 Å². The predicted molar refractivity (Wildman–Crippen MR) is 113 cm³/mol. The van der Waals surface area contributed by atoms with E-state index in [2.05, 4.69) is 50.2 Å². The maximum atomic E-state index is 11.9. The molecule has 0 spiro atoms. The van der Waals surface area contributed by atoms with E-state index >= 15 is 0 Å². The fourth-order valence-electron chi connectivity index (χ4n) is 2.74. The van der Waals surface area contributed by atoms with Crippen LogP contribution in [0, 0.1) is 5.41 Å². The SMILES string of the molecule is CCC(C)(C)COCC(O)CN1CCN(CCC(=O)OC[Si](C)(C)C)CC1. The van der Waals surface area contributed by atoms with Crippen LogP contribution in [0.2, 0.25) is 19.6 Å². The van der Waals surface area contributed by atoms with E-state index in [0.717, 1.165) is 39.1 Å². The highest BCUT2D eigenvalue weighted by Gasteiger charge is 2.22. The second kappa shape index (κ2) is 11.5. The second-order valence-electron chi connectivity index (χ2n) is 9.80. The minimum Gasteiger partial charge on any atom is -0.469 e. The molecule has 0 saturated carbocycles. The summed E-state index contributed by atoms with van der Waals surface area (Å²) < 4.78 is 11.1. The van der Waals surface area contributed by atoms with Gasteiger partial charge in [0, 0.05) is 39.3 Å². The lowest BCUT2D eigenvalue weighted by atomic mass is 9.92. The van der Waals surface area contributed by atoms with Crippen LogP contribution in [0.5, 0.6) is 0 Å². The van der Waals surface area contributed by atoms with E-state index in [-0.39, 0.29) is 11.4 Å². The summed E-state index contributed by atoms with van der Waals surface area (Å²) in [5, 5.41) is 10.2. The van der Waals surface area contributed by atoms with Gasteiger partial charge in [-0.3, -0.25) is 9.69 Å². The Kier molecular flexibility index (Phi) is 10.5. The summed E-state index contributed by atoms with van der Waals surface area (Å²) in [4.78, 5) is 16.4. The number of carbonyl (C=O) groups is 1. The van der Waals surface area contributed by atoms with E-state index in [4.69, 9.17) is 9.47 Å². The van der Waals surface area contributed by atoms with Crippen molar-refractivity contribution in [1.29, 1.82) is 0 Å². The molecule has 0 radical (unpaired) electrons. The molecule has 0 aromatic heterocycles.